The highest BCUT2D eigenvalue weighted by atomic mass is 15.0. The third kappa shape index (κ3) is 3.41. The van der Waals surface area contributed by atoms with E-state index in [1.54, 1.807) is 6.20 Å². The van der Waals surface area contributed by atoms with Crippen molar-refractivity contribution in [3.8, 4) is 0 Å². The van der Waals surface area contributed by atoms with Gasteiger partial charge in [0.25, 0.3) is 0 Å². The quantitative estimate of drug-likeness (QED) is 0.869. The maximum absolute atomic E-state index is 4.37. The Balaban J connectivity index is 2.13. The minimum absolute atomic E-state index is 0.715. The van der Waals surface area contributed by atoms with Gasteiger partial charge in [0.05, 0.1) is 0 Å². The van der Waals surface area contributed by atoms with Gasteiger partial charge in [-0.15, -0.1) is 0 Å². The van der Waals surface area contributed by atoms with Crippen molar-refractivity contribution in [2.75, 3.05) is 11.9 Å². The highest BCUT2D eigenvalue weighted by Crippen LogP contribution is 2.06. The van der Waals surface area contributed by atoms with Crippen LogP contribution in [0.3, 0.4) is 0 Å². The fraction of sp³-hybridized carbons (Fsp3) is 0.143. The predicted octanol–water partition coefficient (Wildman–Crippen LogP) is 3.08. The van der Waals surface area contributed by atoms with Crippen LogP contribution in [0.15, 0.2) is 42.6 Å². The Morgan fingerprint density at radius 2 is 1.94 bits per heavy atom. The van der Waals surface area contributed by atoms with Gasteiger partial charge in [-0.2, -0.15) is 0 Å². The van der Waals surface area contributed by atoms with Gasteiger partial charge >= 0.3 is 0 Å². The molecule has 3 nitrogen and oxygen atoms in total. The smallest absolute Gasteiger partial charge is 0.154 e. The molecule has 17 heavy (non-hydrogen) atoms. The second kappa shape index (κ2) is 5.80. The summed E-state index contributed by atoms with van der Waals surface area (Å²) in [7, 11) is 0. The maximum Gasteiger partial charge on any atom is 0.154 e. The van der Waals surface area contributed by atoms with Gasteiger partial charge in [0.1, 0.15) is 5.82 Å². The minimum Gasteiger partial charge on any atom is -0.370 e. The van der Waals surface area contributed by atoms with Gasteiger partial charge in [0.2, 0.25) is 0 Å². The third-order valence-electron chi connectivity index (χ3n) is 2.26. The van der Waals surface area contributed by atoms with Crippen LogP contribution in [0.2, 0.25) is 0 Å². The molecule has 2 aromatic rings. The lowest BCUT2D eigenvalue weighted by Crippen LogP contribution is -2.00. The van der Waals surface area contributed by atoms with Gasteiger partial charge in [-0.1, -0.05) is 36.4 Å². The van der Waals surface area contributed by atoms with E-state index >= 15 is 0 Å². The predicted molar refractivity (Wildman–Crippen MR) is 71.6 cm³/mol. The first-order chi connectivity index (χ1) is 8.38. The molecule has 1 heterocycles. The Morgan fingerprint density at radius 3 is 2.71 bits per heavy atom. The van der Waals surface area contributed by atoms with Crippen molar-refractivity contribution in [1.82, 2.24) is 9.97 Å². The van der Waals surface area contributed by atoms with Crippen LogP contribution in [-0.4, -0.2) is 16.5 Å². The number of nitrogens with zero attached hydrogens (tertiary/aromatic N) is 2. The summed E-state index contributed by atoms with van der Waals surface area (Å²) in [6.07, 6.45) is 5.68. The summed E-state index contributed by atoms with van der Waals surface area (Å²) in [6, 6.07) is 12.0. The zero-order valence-corrected chi connectivity index (χ0v) is 9.80. The molecule has 2 rings (SSSR count). The number of nitrogens with one attached hydrogen (secondary N) is 1. The monoisotopic (exact) mass is 225 g/mol. The molecule has 0 saturated carbocycles. The highest BCUT2D eigenvalue weighted by Gasteiger charge is 1.94. The minimum atomic E-state index is 0.715. The molecule has 0 amide bonds. The normalized spacial score (nSPS) is 10.6. The second-order valence-corrected chi connectivity index (χ2v) is 3.57. The van der Waals surface area contributed by atoms with Crippen LogP contribution in [0.25, 0.3) is 12.2 Å². The van der Waals surface area contributed by atoms with Gasteiger partial charge in [0.15, 0.2) is 5.82 Å². The first kappa shape index (κ1) is 11.3. The lowest BCUT2D eigenvalue weighted by Gasteiger charge is -2.01. The molecule has 1 N–H and O–H groups in total. The third-order valence-corrected chi connectivity index (χ3v) is 2.26. The molecular formula is C14H15N3. The summed E-state index contributed by atoms with van der Waals surface area (Å²) in [4.78, 5) is 8.57. The van der Waals surface area contributed by atoms with E-state index in [1.165, 1.54) is 0 Å². The van der Waals surface area contributed by atoms with Gasteiger partial charge in [-0.05, 0) is 24.6 Å². The van der Waals surface area contributed by atoms with E-state index < -0.39 is 0 Å². The second-order valence-electron chi connectivity index (χ2n) is 3.57. The molecule has 1 aromatic carbocycles. The molecule has 0 saturated heterocycles. The van der Waals surface area contributed by atoms with Crippen molar-refractivity contribution in [2.24, 2.45) is 0 Å². The van der Waals surface area contributed by atoms with E-state index in [1.807, 2.05) is 55.5 Å². The summed E-state index contributed by atoms with van der Waals surface area (Å²) in [5.74, 6) is 1.57. The van der Waals surface area contributed by atoms with Gasteiger partial charge in [-0.25, -0.2) is 9.97 Å². The molecule has 0 aliphatic heterocycles. The van der Waals surface area contributed by atoms with Gasteiger partial charge in [-0.3, -0.25) is 0 Å². The van der Waals surface area contributed by atoms with Crippen LogP contribution in [0, 0.1) is 0 Å². The molecule has 0 atom stereocenters. The van der Waals surface area contributed by atoms with E-state index in [-0.39, 0.29) is 0 Å². The number of rotatable bonds is 4. The molecule has 1 aromatic heterocycles. The number of hydrogen-bond acceptors (Lipinski definition) is 3. The van der Waals surface area contributed by atoms with E-state index in [0.717, 1.165) is 17.9 Å². The number of benzene rings is 1. The standard InChI is InChI=1S/C14H15N3/c1-2-15-14-10-11-16-13(17-14)9-8-12-6-4-3-5-7-12/h3-11H,2H2,1H3,(H,15,16,17). The van der Waals surface area contributed by atoms with Crippen molar-refractivity contribution in [3.63, 3.8) is 0 Å². The number of aromatic nitrogens is 2. The van der Waals surface area contributed by atoms with Crippen LogP contribution in [0.4, 0.5) is 5.82 Å². The van der Waals surface area contributed by atoms with E-state index in [4.69, 9.17) is 0 Å². The molecule has 0 unspecified atom stereocenters. The van der Waals surface area contributed by atoms with Gasteiger partial charge < -0.3 is 5.32 Å². The van der Waals surface area contributed by atoms with Crippen molar-refractivity contribution in [1.29, 1.82) is 0 Å². The summed E-state index contributed by atoms with van der Waals surface area (Å²) in [5, 5.41) is 3.16. The van der Waals surface area contributed by atoms with Crippen LogP contribution < -0.4 is 5.32 Å². The molecule has 0 spiro atoms. The molecule has 3 heteroatoms. The van der Waals surface area contributed by atoms with Gasteiger partial charge in [0, 0.05) is 12.7 Å². The zero-order valence-electron chi connectivity index (χ0n) is 9.80. The van der Waals surface area contributed by atoms with Crippen LogP contribution in [-0.2, 0) is 0 Å². The number of anilines is 1. The Morgan fingerprint density at radius 1 is 1.12 bits per heavy atom. The fourth-order valence-electron chi connectivity index (χ4n) is 1.47. The number of hydrogen-bond donors (Lipinski definition) is 1. The van der Waals surface area contributed by atoms with Crippen molar-refractivity contribution in [2.45, 2.75) is 6.92 Å². The zero-order chi connectivity index (χ0) is 11.9. The molecule has 86 valence electrons. The van der Waals surface area contributed by atoms with Crippen LogP contribution >= 0.6 is 0 Å². The largest absolute Gasteiger partial charge is 0.370 e. The topological polar surface area (TPSA) is 37.8 Å². The average molecular weight is 225 g/mol. The molecule has 0 aliphatic carbocycles. The summed E-state index contributed by atoms with van der Waals surface area (Å²) in [6.45, 7) is 2.90. The summed E-state index contributed by atoms with van der Waals surface area (Å²) in [5.41, 5.74) is 1.14. The Labute approximate surface area is 101 Å². The molecule has 0 fully saturated rings. The van der Waals surface area contributed by atoms with Crippen molar-refractivity contribution < 1.29 is 0 Å². The Hall–Kier alpha value is -2.16. The van der Waals surface area contributed by atoms with Crippen molar-refractivity contribution >= 4 is 18.0 Å². The summed E-state index contributed by atoms with van der Waals surface area (Å²) >= 11 is 0. The summed E-state index contributed by atoms with van der Waals surface area (Å²) < 4.78 is 0. The Bertz CT molecular complexity index is 492. The first-order valence-corrected chi connectivity index (χ1v) is 5.68. The Kier molecular flexibility index (Phi) is 3.86. The highest BCUT2D eigenvalue weighted by molar-refractivity contribution is 5.66. The fourth-order valence-corrected chi connectivity index (χ4v) is 1.47. The van der Waals surface area contributed by atoms with Crippen LogP contribution in [0.1, 0.15) is 18.3 Å². The van der Waals surface area contributed by atoms with E-state index in [0.29, 0.717) is 5.82 Å². The molecule has 0 aliphatic rings. The van der Waals surface area contributed by atoms with E-state index in [9.17, 15) is 0 Å². The SMILES string of the molecule is CCNc1ccnc(C=Cc2ccccc2)n1. The first-order valence-electron chi connectivity index (χ1n) is 5.68. The molecule has 0 radical (unpaired) electrons. The van der Waals surface area contributed by atoms with E-state index in [2.05, 4.69) is 15.3 Å². The molecular weight excluding hydrogens is 210 g/mol. The van der Waals surface area contributed by atoms with Crippen molar-refractivity contribution in [3.05, 3.63) is 54.0 Å². The maximum atomic E-state index is 4.37. The lowest BCUT2D eigenvalue weighted by molar-refractivity contribution is 1.09. The van der Waals surface area contributed by atoms with Crippen LogP contribution in [0.5, 0.6) is 0 Å². The average Bonchev–Trinajstić information content (AvgIpc) is 2.39. The lowest BCUT2D eigenvalue weighted by atomic mass is 10.2. The molecule has 0 bridgehead atoms.